The molecule has 2 fully saturated rings. The first kappa shape index (κ1) is 15.0. The third kappa shape index (κ3) is 2.41. The van der Waals surface area contributed by atoms with E-state index in [1.165, 1.54) is 0 Å². The van der Waals surface area contributed by atoms with E-state index >= 15 is 0 Å². The van der Waals surface area contributed by atoms with Crippen LogP contribution in [0, 0.1) is 13.8 Å². The number of rotatable bonds is 3. The van der Waals surface area contributed by atoms with Gasteiger partial charge < -0.3 is 5.32 Å². The number of nitrogens with zero attached hydrogens (tertiary/aromatic N) is 3. The lowest BCUT2D eigenvalue weighted by Gasteiger charge is -2.28. The smallest absolute Gasteiger partial charge is 0.247 e. The lowest BCUT2D eigenvalue weighted by atomic mass is 10.1. The van der Waals surface area contributed by atoms with Crippen molar-refractivity contribution >= 4 is 10.0 Å². The SMILES string of the molecule is Cc1nn(C)c(C)c1S(=O)(=O)N1CCCC1C1CCCN1. The molecule has 0 aromatic carbocycles. The van der Waals surface area contributed by atoms with Crippen LogP contribution in [-0.2, 0) is 17.1 Å². The van der Waals surface area contributed by atoms with Crippen molar-refractivity contribution in [2.75, 3.05) is 13.1 Å². The largest absolute Gasteiger partial charge is 0.312 e. The predicted octanol–water partition coefficient (Wildman–Crippen LogP) is 0.942. The van der Waals surface area contributed by atoms with E-state index in [2.05, 4.69) is 10.4 Å². The maximum atomic E-state index is 13.1. The summed E-state index contributed by atoms with van der Waals surface area (Å²) in [4.78, 5) is 0.398. The maximum Gasteiger partial charge on any atom is 0.247 e. The van der Waals surface area contributed by atoms with Crippen molar-refractivity contribution in [2.45, 2.75) is 56.5 Å². The molecule has 2 atom stereocenters. The molecule has 3 rings (SSSR count). The monoisotopic (exact) mass is 312 g/mol. The Hall–Kier alpha value is -0.920. The fourth-order valence-corrected chi connectivity index (χ4v) is 5.88. The van der Waals surface area contributed by atoms with E-state index < -0.39 is 10.0 Å². The summed E-state index contributed by atoms with van der Waals surface area (Å²) >= 11 is 0. The van der Waals surface area contributed by atoms with Crippen LogP contribution in [0.5, 0.6) is 0 Å². The first-order chi connectivity index (χ1) is 9.93. The zero-order valence-corrected chi connectivity index (χ0v) is 13.8. The molecule has 7 heteroatoms. The summed E-state index contributed by atoms with van der Waals surface area (Å²) in [6, 6.07) is 0.399. The van der Waals surface area contributed by atoms with Gasteiger partial charge in [-0.15, -0.1) is 0 Å². The lowest BCUT2D eigenvalue weighted by molar-refractivity contribution is 0.321. The van der Waals surface area contributed by atoms with E-state index in [9.17, 15) is 8.42 Å². The molecular formula is C14H24N4O2S. The van der Waals surface area contributed by atoms with Crippen LogP contribution in [0.1, 0.15) is 37.1 Å². The van der Waals surface area contributed by atoms with Gasteiger partial charge in [0.2, 0.25) is 10.0 Å². The van der Waals surface area contributed by atoms with E-state index in [0.717, 1.165) is 37.9 Å². The molecule has 2 saturated heterocycles. The van der Waals surface area contributed by atoms with Crippen LogP contribution in [0.2, 0.25) is 0 Å². The van der Waals surface area contributed by atoms with Gasteiger partial charge >= 0.3 is 0 Å². The molecule has 0 bridgehead atoms. The summed E-state index contributed by atoms with van der Waals surface area (Å²) in [6.45, 7) is 5.23. The average molecular weight is 312 g/mol. The van der Waals surface area contributed by atoms with Gasteiger partial charge in [-0.05, 0) is 46.1 Å². The van der Waals surface area contributed by atoms with Crippen LogP contribution >= 0.6 is 0 Å². The summed E-state index contributed by atoms with van der Waals surface area (Å²) < 4.78 is 29.6. The standard InChI is InChI=1S/C14H24N4O2S/c1-10-14(11(2)17(3)16-10)21(19,20)18-9-5-7-13(18)12-6-4-8-15-12/h12-13,15H,4-9H2,1-3H3. The highest BCUT2D eigenvalue weighted by atomic mass is 32.2. The van der Waals surface area contributed by atoms with E-state index in [4.69, 9.17) is 0 Å². The Morgan fingerprint density at radius 3 is 2.57 bits per heavy atom. The number of hydrogen-bond acceptors (Lipinski definition) is 4. The molecule has 0 spiro atoms. The molecule has 2 aliphatic rings. The first-order valence-electron chi connectivity index (χ1n) is 7.68. The second kappa shape index (κ2) is 5.37. The number of nitrogens with one attached hydrogen (secondary N) is 1. The molecule has 3 heterocycles. The molecule has 1 aromatic heterocycles. The zero-order chi connectivity index (χ0) is 15.2. The Morgan fingerprint density at radius 1 is 1.24 bits per heavy atom. The van der Waals surface area contributed by atoms with Gasteiger partial charge in [0.1, 0.15) is 4.90 Å². The molecule has 0 aliphatic carbocycles. The van der Waals surface area contributed by atoms with Crippen LogP contribution in [-0.4, -0.2) is 47.7 Å². The van der Waals surface area contributed by atoms with Crippen LogP contribution in [0.3, 0.4) is 0 Å². The molecule has 1 N–H and O–H groups in total. The fourth-order valence-electron chi connectivity index (χ4n) is 3.75. The van der Waals surface area contributed by atoms with Gasteiger partial charge in [-0.3, -0.25) is 4.68 Å². The highest BCUT2D eigenvalue weighted by Crippen LogP contribution is 2.32. The van der Waals surface area contributed by atoms with E-state index in [0.29, 0.717) is 23.2 Å². The van der Waals surface area contributed by atoms with Crippen molar-refractivity contribution in [3.63, 3.8) is 0 Å². The van der Waals surface area contributed by atoms with Crippen LogP contribution in [0.15, 0.2) is 4.90 Å². The Labute approximate surface area is 126 Å². The number of hydrogen-bond donors (Lipinski definition) is 1. The topological polar surface area (TPSA) is 67.2 Å². The molecular weight excluding hydrogens is 288 g/mol. The van der Waals surface area contributed by atoms with E-state index in [1.54, 1.807) is 23.0 Å². The molecule has 0 saturated carbocycles. The number of sulfonamides is 1. The molecule has 6 nitrogen and oxygen atoms in total. The molecule has 0 radical (unpaired) electrons. The lowest BCUT2D eigenvalue weighted by Crippen LogP contribution is -2.46. The normalized spacial score (nSPS) is 27.6. The average Bonchev–Trinajstić information content (AvgIpc) is 3.11. The van der Waals surface area contributed by atoms with Crippen molar-refractivity contribution in [2.24, 2.45) is 7.05 Å². The second-order valence-corrected chi connectivity index (χ2v) is 7.98. The fraction of sp³-hybridized carbons (Fsp3) is 0.786. The van der Waals surface area contributed by atoms with Gasteiger partial charge in [-0.2, -0.15) is 9.40 Å². The van der Waals surface area contributed by atoms with Gasteiger partial charge in [0.25, 0.3) is 0 Å². The van der Waals surface area contributed by atoms with Gasteiger partial charge in [0.15, 0.2) is 0 Å². The first-order valence-corrected chi connectivity index (χ1v) is 9.12. The minimum absolute atomic E-state index is 0.0940. The number of aryl methyl sites for hydroxylation is 2. The van der Waals surface area contributed by atoms with Crippen LogP contribution in [0.4, 0.5) is 0 Å². The third-order valence-corrected chi connectivity index (χ3v) is 7.00. The molecule has 2 aliphatic heterocycles. The van der Waals surface area contributed by atoms with Gasteiger partial charge in [-0.1, -0.05) is 0 Å². The third-order valence-electron chi connectivity index (χ3n) is 4.82. The quantitative estimate of drug-likeness (QED) is 0.902. The minimum atomic E-state index is -3.46. The van der Waals surface area contributed by atoms with Crippen molar-refractivity contribution in [3.05, 3.63) is 11.4 Å². The van der Waals surface area contributed by atoms with E-state index in [-0.39, 0.29) is 6.04 Å². The molecule has 2 unspecified atom stereocenters. The summed E-state index contributed by atoms with van der Waals surface area (Å²) in [5.41, 5.74) is 1.32. The molecule has 21 heavy (non-hydrogen) atoms. The highest BCUT2D eigenvalue weighted by Gasteiger charge is 2.42. The minimum Gasteiger partial charge on any atom is -0.312 e. The van der Waals surface area contributed by atoms with Crippen molar-refractivity contribution in [1.29, 1.82) is 0 Å². The highest BCUT2D eigenvalue weighted by molar-refractivity contribution is 7.89. The summed E-state index contributed by atoms with van der Waals surface area (Å²) in [5.74, 6) is 0. The predicted molar refractivity (Wildman–Crippen MR) is 80.6 cm³/mol. The Kier molecular flexibility index (Phi) is 3.83. The summed E-state index contributed by atoms with van der Waals surface area (Å²) in [6.07, 6.45) is 4.11. The van der Waals surface area contributed by atoms with Gasteiger partial charge in [0, 0.05) is 25.7 Å². The Balaban J connectivity index is 1.97. The van der Waals surface area contributed by atoms with Crippen molar-refractivity contribution in [3.8, 4) is 0 Å². The zero-order valence-electron chi connectivity index (χ0n) is 13.0. The number of aromatic nitrogens is 2. The Morgan fingerprint density at radius 2 is 2.00 bits per heavy atom. The summed E-state index contributed by atoms with van der Waals surface area (Å²) in [7, 11) is -1.66. The van der Waals surface area contributed by atoms with Gasteiger partial charge in [0.05, 0.1) is 11.4 Å². The molecule has 1 aromatic rings. The van der Waals surface area contributed by atoms with E-state index in [1.807, 2.05) is 6.92 Å². The van der Waals surface area contributed by atoms with Crippen LogP contribution in [0.25, 0.3) is 0 Å². The maximum absolute atomic E-state index is 13.1. The Bertz CT molecular complexity index is 632. The van der Waals surface area contributed by atoms with Crippen LogP contribution < -0.4 is 5.32 Å². The van der Waals surface area contributed by atoms with Crippen molar-refractivity contribution in [1.82, 2.24) is 19.4 Å². The summed E-state index contributed by atoms with van der Waals surface area (Å²) in [5, 5.41) is 7.73. The molecule has 0 amide bonds. The second-order valence-electron chi connectivity index (χ2n) is 6.15. The van der Waals surface area contributed by atoms with Crippen molar-refractivity contribution < 1.29 is 8.42 Å². The van der Waals surface area contributed by atoms with Gasteiger partial charge in [-0.25, -0.2) is 8.42 Å². The molecule has 118 valence electrons.